The van der Waals surface area contributed by atoms with Gasteiger partial charge in [-0.15, -0.1) is 0 Å². The van der Waals surface area contributed by atoms with Crippen LogP contribution in [0.2, 0.25) is 0 Å². The van der Waals surface area contributed by atoms with Gasteiger partial charge in [-0.1, -0.05) is 85.8 Å². The molecule has 4 atom stereocenters. The van der Waals surface area contributed by atoms with Gasteiger partial charge in [-0.3, -0.25) is 4.79 Å². The van der Waals surface area contributed by atoms with E-state index in [9.17, 15) is 4.79 Å². The molecule has 1 fully saturated rings. The summed E-state index contributed by atoms with van der Waals surface area (Å²) in [5.74, 6) is 0.945. The molecule has 5 rings (SSSR count). The van der Waals surface area contributed by atoms with Gasteiger partial charge in [-0.05, 0) is 50.2 Å². The summed E-state index contributed by atoms with van der Waals surface area (Å²) in [6.45, 7) is 2.87. The van der Waals surface area contributed by atoms with Crippen LogP contribution in [0, 0.1) is 17.8 Å². The second-order valence-corrected chi connectivity index (χ2v) is 9.12. The Labute approximate surface area is 180 Å². The van der Waals surface area contributed by atoms with Gasteiger partial charge in [-0.2, -0.15) is 0 Å². The molecule has 2 nitrogen and oxygen atoms in total. The summed E-state index contributed by atoms with van der Waals surface area (Å²) in [5.41, 5.74) is 2.39. The van der Waals surface area contributed by atoms with Crippen LogP contribution in [0.1, 0.15) is 30.5 Å². The Morgan fingerprint density at radius 3 is 2.59 bits per heavy atom. The smallest absolute Gasteiger partial charge is 0.227 e. The van der Waals surface area contributed by atoms with Crippen molar-refractivity contribution < 1.29 is 4.79 Å². The number of nitrogens with zero attached hydrogens (tertiary/aromatic N) is 1. The van der Waals surface area contributed by atoms with Crippen LogP contribution in [0.5, 0.6) is 0 Å². The van der Waals surface area contributed by atoms with Crippen LogP contribution in [0.25, 0.3) is 10.8 Å². The third-order valence-corrected chi connectivity index (χ3v) is 7.46. The van der Waals surface area contributed by atoms with Crippen LogP contribution in [0.3, 0.4) is 0 Å². The quantitative estimate of drug-likeness (QED) is 0.420. The molecule has 0 radical (unpaired) electrons. The van der Waals surface area contributed by atoms with E-state index in [2.05, 4.69) is 88.4 Å². The average molecular weight is 446 g/mol. The van der Waals surface area contributed by atoms with E-state index in [0.29, 0.717) is 18.4 Å². The number of benzene rings is 3. The maximum Gasteiger partial charge on any atom is 0.227 e. The fraction of sp³-hybridized carbons (Fsp3) is 0.269. The van der Waals surface area contributed by atoms with Crippen LogP contribution in [0.4, 0.5) is 0 Å². The van der Waals surface area contributed by atoms with Gasteiger partial charge in [0.2, 0.25) is 5.91 Å². The van der Waals surface area contributed by atoms with E-state index in [-0.39, 0.29) is 17.9 Å². The third-order valence-electron chi connectivity index (χ3n) is 6.57. The van der Waals surface area contributed by atoms with Crippen molar-refractivity contribution in [2.75, 3.05) is 0 Å². The van der Waals surface area contributed by atoms with E-state index in [1.54, 1.807) is 0 Å². The lowest BCUT2D eigenvalue weighted by Crippen LogP contribution is -2.30. The van der Waals surface area contributed by atoms with Gasteiger partial charge in [0.25, 0.3) is 0 Å². The Morgan fingerprint density at radius 2 is 1.76 bits per heavy atom. The topological polar surface area (TPSA) is 20.3 Å². The lowest BCUT2D eigenvalue weighted by Gasteiger charge is -2.30. The molecule has 146 valence electrons. The SMILES string of the molecule is C[C@@H]1CC=C[C@H]2[C@H]1C(=O)N(Cc1ccccc1)[C@H]2c1ccc2ccccc2c1Br. The molecule has 3 aromatic rings. The van der Waals surface area contributed by atoms with Crippen LogP contribution in [0.15, 0.2) is 83.4 Å². The third kappa shape index (κ3) is 3.12. The summed E-state index contributed by atoms with van der Waals surface area (Å²) >= 11 is 3.89. The molecule has 1 saturated heterocycles. The molecular weight excluding hydrogens is 422 g/mol. The first-order valence-corrected chi connectivity index (χ1v) is 11.1. The minimum absolute atomic E-state index is 0.0469. The monoisotopic (exact) mass is 445 g/mol. The predicted octanol–water partition coefficient (Wildman–Crippen LogP) is 6.51. The number of hydrogen-bond donors (Lipinski definition) is 0. The van der Waals surface area contributed by atoms with E-state index in [0.717, 1.165) is 10.9 Å². The summed E-state index contributed by atoms with van der Waals surface area (Å²) in [5, 5.41) is 2.42. The maximum atomic E-state index is 13.6. The van der Waals surface area contributed by atoms with E-state index < -0.39 is 0 Å². The molecule has 3 aromatic carbocycles. The highest BCUT2D eigenvalue weighted by Gasteiger charge is 2.50. The van der Waals surface area contributed by atoms with Gasteiger partial charge < -0.3 is 4.90 Å². The van der Waals surface area contributed by atoms with Crippen LogP contribution in [-0.2, 0) is 11.3 Å². The minimum atomic E-state index is 0.0469. The van der Waals surface area contributed by atoms with Gasteiger partial charge >= 0.3 is 0 Å². The predicted molar refractivity (Wildman–Crippen MR) is 121 cm³/mol. The Kier molecular flexibility index (Phi) is 4.79. The molecule has 0 N–H and O–H groups in total. The largest absolute Gasteiger partial charge is 0.330 e. The van der Waals surface area contributed by atoms with E-state index in [1.807, 2.05) is 18.2 Å². The fourth-order valence-electron chi connectivity index (χ4n) is 5.15. The Balaban J connectivity index is 1.64. The molecular formula is C26H24BrNO. The number of likely N-dealkylation sites (tertiary alicyclic amines) is 1. The van der Waals surface area contributed by atoms with Crippen LogP contribution >= 0.6 is 15.9 Å². The van der Waals surface area contributed by atoms with Gasteiger partial charge in [0.05, 0.1) is 6.04 Å². The Bertz CT molecular complexity index is 1090. The zero-order chi connectivity index (χ0) is 20.0. The number of carbonyl (C=O) groups excluding carboxylic acids is 1. The van der Waals surface area contributed by atoms with Gasteiger partial charge in [-0.25, -0.2) is 0 Å². The Morgan fingerprint density at radius 1 is 1.00 bits per heavy atom. The summed E-state index contributed by atoms with van der Waals surface area (Å²) < 4.78 is 1.11. The van der Waals surface area contributed by atoms with Gasteiger partial charge in [0.1, 0.15) is 0 Å². The standard InChI is InChI=1S/C26H24BrNO/c1-17-8-7-13-21-23(17)26(29)28(16-18-9-3-2-4-10-18)25(21)22-15-14-19-11-5-6-12-20(19)24(22)27/h2-7,9-15,17,21,23,25H,8,16H2,1H3/t17-,21+,23+,25-/m1/s1. The van der Waals surface area contributed by atoms with Crippen molar-refractivity contribution in [1.29, 1.82) is 0 Å². The van der Waals surface area contributed by atoms with Crippen molar-refractivity contribution in [1.82, 2.24) is 4.90 Å². The molecule has 0 saturated carbocycles. The lowest BCUT2D eigenvalue weighted by molar-refractivity contribution is -0.134. The van der Waals surface area contributed by atoms with Crippen LogP contribution in [-0.4, -0.2) is 10.8 Å². The molecule has 1 aliphatic heterocycles. The van der Waals surface area contributed by atoms with E-state index in [4.69, 9.17) is 0 Å². The molecule has 0 bridgehead atoms. The van der Waals surface area contributed by atoms with Crippen molar-refractivity contribution >= 4 is 32.6 Å². The molecule has 29 heavy (non-hydrogen) atoms. The summed E-state index contributed by atoms with van der Waals surface area (Å²) in [4.78, 5) is 15.7. The summed E-state index contributed by atoms with van der Waals surface area (Å²) in [7, 11) is 0. The first-order valence-electron chi connectivity index (χ1n) is 10.3. The van der Waals surface area contributed by atoms with Crippen LogP contribution < -0.4 is 0 Å². The number of halogens is 1. The van der Waals surface area contributed by atoms with Crippen molar-refractivity contribution in [3.63, 3.8) is 0 Å². The van der Waals surface area contributed by atoms with Gasteiger partial charge in [0, 0.05) is 22.9 Å². The minimum Gasteiger partial charge on any atom is -0.330 e. The number of rotatable bonds is 3. The lowest BCUT2D eigenvalue weighted by atomic mass is 9.75. The van der Waals surface area contributed by atoms with Gasteiger partial charge in [0.15, 0.2) is 0 Å². The second-order valence-electron chi connectivity index (χ2n) is 8.33. The maximum absolute atomic E-state index is 13.6. The normalized spacial score (nSPS) is 26.1. The first kappa shape index (κ1) is 18.6. The molecule has 1 amide bonds. The summed E-state index contributed by atoms with van der Waals surface area (Å²) in [6, 6.07) is 23.2. The second kappa shape index (κ2) is 7.46. The fourth-order valence-corrected chi connectivity index (χ4v) is 5.88. The van der Waals surface area contributed by atoms with Crippen molar-refractivity contribution in [3.8, 4) is 0 Å². The molecule has 1 aliphatic carbocycles. The molecule has 0 unspecified atom stereocenters. The number of amides is 1. The summed E-state index contributed by atoms with van der Waals surface area (Å²) in [6.07, 6.45) is 5.55. The van der Waals surface area contributed by atoms with E-state index >= 15 is 0 Å². The molecule has 0 aromatic heterocycles. The molecule has 3 heteroatoms. The molecule has 1 heterocycles. The molecule has 2 aliphatic rings. The highest BCUT2D eigenvalue weighted by molar-refractivity contribution is 9.10. The van der Waals surface area contributed by atoms with Crippen molar-refractivity contribution in [2.24, 2.45) is 17.8 Å². The highest BCUT2D eigenvalue weighted by atomic mass is 79.9. The molecule has 0 spiro atoms. The highest BCUT2D eigenvalue weighted by Crippen LogP contribution is 2.51. The number of hydrogen-bond acceptors (Lipinski definition) is 1. The number of fused-ring (bicyclic) bond motifs is 2. The number of carbonyl (C=O) groups is 1. The number of allylic oxidation sites excluding steroid dienone is 1. The first-order chi connectivity index (χ1) is 14.1. The zero-order valence-corrected chi connectivity index (χ0v) is 18.0. The average Bonchev–Trinajstić information content (AvgIpc) is 3.02. The Hall–Kier alpha value is -2.39. The zero-order valence-electron chi connectivity index (χ0n) is 16.5. The van der Waals surface area contributed by atoms with Crippen molar-refractivity contribution in [2.45, 2.75) is 25.9 Å². The van der Waals surface area contributed by atoms with E-state index in [1.165, 1.54) is 21.9 Å². The van der Waals surface area contributed by atoms with Crippen molar-refractivity contribution in [3.05, 3.63) is 94.5 Å².